The molecule has 1 fully saturated rings. The SMILES string of the molecule is CCOc1ccc(/C(O)=C2/C(=O)C(=O)N(c3ccc(F)cc3)C2c2cccc(OC)c2)cc1C(C)C. The maximum atomic E-state index is 13.6. The molecule has 1 N–H and O–H groups in total. The number of amides is 1. The van der Waals surface area contributed by atoms with E-state index in [9.17, 15) is 19.1 Å². The summed E-state index contributed by atoms with van der Waals surface area (Å²) >= 11 is 0. The average molecular weight is 490 g/mol. The van der Waals surface area contributed by atoms with Crippen LogP contribution in [0.2, 0.25) is 0 Å². The number of benzene rings is 3. The number of Topliss-reactive ketones (excluding diaryl/α,β-unsaturated/α-hetero) is 1. The number of carbonyl (C=O) groups is 2. The lowest BCUT2D eigenvalue weighted by Crippen LogP contribution is -2.29. The third kappa shape index (κ3) is 4.56. The quantitative estimate of drug-likeness (QED) is 0.251. The van der Waals surface area contributed by atoms with E-state index in [-0.39, 0.29) is 17.3 Å². The minimum atomic E-state index is -0.945. The summed E-state index contributed by atoms with van der Waals surface area (Å²) in [5, 5.41) is 11.5. The van der Waals surface area contributed by atoms with E-state index in [1.807, 2.05) is 20.8 Å². The van der Waals surface area contributed by atoms with Crippen molar-refractivity contribution in [2.45, 2.75) is 32.7 Å². The number of nitrogens with zero attached hydrogens (tertiary/aromatic N) is 1. The van der Waals surface area contributed by atoms with Crippen molar-refractivity contribution in [3.63, 3.8) is 0 Å². The average Bonchev–Trinajstić information content (AvgIpc) is 3.14. The van der Waals surface area contributed by atoms with Gasteiger partial charge in [0.25, 0.3) is 11.7 Å². The molecule has 36 heavy (non-hydrogen) atoms. The van der Waals surface area contributed by atoms with Gasteiger partial charge in [0, 0.05) is 11.3 Å². The Labute approximate surface area is 209 Å². The Morgan fingerprint density at radius 1 is 1.06 bits per heavy atom. The van der Waals surface area contributed by atoms with Crippen molar-refractivity contribution in [2.75, 3.05) is 18.6 Å². The normalized spacial score (nSPS) is 17.1. The largest absolute Gasteiger partial charge is 0.507 e. The molecule has 0 aliphatic carbocycles. The van der Waals surface area contributed by atoms with Crippen LogP contribution in [0, 0.1) is 5.82 Å². The van der Waals surface area contributed by atoms with Gasteiger partial charge < -0.3 is 14.6 Å². The van der Waals surface area contributed by atoms with Gasteiger partial charge in [-0.25, -0.2) is 4.39 Å². The number of carbonyl (C=O) groups excluding carboxylic acids is 2. The number of ketones is 1. The van der Waals surface area contributed by atoms with Crippen LogP contribution in [0.4, 0.5) is 10.1 Å². The molecule has 186 valence electrons. The molecule has 0 saturated carbocycles. The lowest BCUT2D eigenvalue weighted by molar-refractivity contribution is -0.132. The number of halogens is 1. The maximum Gasteiger partial charge on any atom is 0.300 e. The highest BCUT2D eigenvalue weighted by Crippen LogP contribution is 2.43. The second-order valence-electron chi connectivity index (χ2n) is 8.76. The Kier molecular flexibility index (Phi) is 7.10. The molecule has 1 amide bonds. The topological polar surface area (TPSA) is 76.1 Å². The minimum absolute atomic E-state index is 0.0588. The van der Waals surface area contributed by atoms with Crippen LogP contribution in [0.25, 0.3) is 5.76 Å². The van der Waals surface area contributed by atoms with Crippen molar-refractivity contribution in [3.05, 3.63) is 94.8 Å². The molecule has 1 aliphatic rings. The van der Waals surface area contributed by atoms with Crippen molar-refractivity contribution in [3.8, 4) is 11.5 Å². The van der Waals surface area contributed by atoms with Gasteiger partial charge in [-0.15, -0.1) is 0 Å². The molecule has 1 atom stereocenters. The van der Waals surface area contributed by atoms with E-state index in [4.69, 9.17) is 9.47 Å². The highest BCUT2D eigenvalue weighted by Gasteiger charge is 2.47. The standard InChI is InChI=1S/C29H28FNO5/c1-5-36-24-14-9-19(16-23(24)17(2)3)27(32)25-26(18-7-6-8-22(15-18)35-4)31(29(34)28(25)33)21-12-10-20(30)11-13-21/h6-17,26,32H,5H2,1-4H3/b27-25-. The van der Waals surface area contributed by atoms with Crippen LogP contribution in [-0.4, -0.2) is 30.5 Å². The molecule has 3 aromatic rings. The maximum absolute atomic E-state index is 13.6. The van der Waals surface area contributed by atoms with Crippen molar-refractivity contribution < 1.29 is 28.6 Å². The summed E-state index contributed by atoms with van der Waals surface area (Å²) in [6.07, 6.45) is 0. The van der Waals surface area contributed by atoms with Gasteiger partial charge in [-0.3, -0.25) is 14.5 Å². The Balaban J connectivity index is 1.94. The monoisotopic (exact) mass is 489 g/mol. The smallest absolute Gasteiger partial charge is 0.300 e. The molecule has 1 unspecified atom stereocenters. The van der Waals surface area contributed by atoms with Crippen LogP contribution in [0.1, 0.15) is 49.4 Å². The minimum Gasteiger partial charge on any atom is -0.507 e. The molecule has 0 radical (unpaired) electrons. The van der Waals surface area contributed by atoms with Gasteiger partial charge in [-0.05, 0) is 78.6 Å². The van der Waals surface area contributed by atoms with E-state index >= 15 is 0 Å². The van der Waals surface area contributed by atoms with Crippen LogP contribution in [0.5, 0.6) is 11.5 Å². The Bertz CT molecular complexity index is 1330. The summed E-state index contributed by atoms with van der Waals surface area (Å²) in [7, 11) is 1.52. The second-order valence-corrected chi connectivity index (χ2v) is 8.76. The summed E-state index contributed by atoms with van der Waals surface area (Å²) in [6, 6.07) is 16.5. The van der Waals surface area contributed by atoms with Gasteiger partial charge in [0.2, 0.25) is 0 Å². The fourth-order valence-corrected chi connectivity index (χ4v) is 4.42. The first-order valence-corrected chi connectivity index (χ1v) is 11.7. The molecule has 1 saturated heterocycles. The highest BCUT2D eigenvalue weighted by molar-refractivity contribution is 6.51. The van der Waals surface area contributed by atoms with Gasteiger partial charge in [-0.2, -0.15) is 0 Å². The zero-order valence-electron chi connectivity index (χ0n) is 20.6. The molecule has 0 spiro atoms. The van der Waals surface area contributed by atoms with Crippen LogP contribution in [-0.2, 0) is 9.59 Å². The van der Waals surface area contributed by atoms with Crippen LogP contribution in [0.3, 0.4) is 0 Å². The predicted molar refractivity (Wildman–Crippen MR) is 136 cm³/mol. The lowest BCUT2D eigenvalue weighted by Gasteiger charge is -2.26. The Hall–Kier alpha value is -4.13. The highest BCUT2D eigenvalue weighted by atomic mass is 19.1. The first kappa shape index (κ1) is 25.0. The fraction of sp³-hybridized carbons (Fsp3) is 0.241. The molecule has 3 aromatic carbocycles. The number of methoxy groups -OCH3 is 1. The molecular formula is C29H28FNO5. The van der Waals surface area contributed by atoms with E-state index in [1.165, 1.54) is 36.3 Å². The number of hydrogen-bond acceptors (Lipinski definition) is 5. The van der Waals surface area contributed by atoms with E-state index in [0.29, 0.717) is 34.9 Å². The first-order chi connectivity index (χ1) is 17.3. The molecule has 0 aromatic heterocycles. The van der Waals surface area contributed by atoms with Crippen molar-refractivity contribution >= 4 is 23.1 Å². The summed E-state index contributed by atoms with van der Waals surface area (Å²) in [5.74, 6) is -1.09. The fourth-order valence-electron chi connectivity index (χ4n) is 4.42. The number of rotatable bonds is 7. The van der Waals surface area contributed by atoms with Gasteiger partial charge in [0.1, 0.15) is 23.1 Å². The van der Waals surface area contributed by atoms with Gasteiger partial charge in [-0.1, -0.05) is 26.0 Å². The number of anilines is 1. The third-order valence-corrected chi connectivity index (χ3v) is 6.16. The zero-order chi connectivity index (χ0) is 26.0. The number of hydrogen-bond donors (Lipinski definition) is 1. The number of ether oxygens (including phenoxy) is 2. The number of aliphatic hydroxyl groups is 1. The van der Waals surface area contributed by atoms with Crippen LogP contribution >= 0.6 is 0 Å². The third-order valence-electron chi connectivity index (χ3n) is 6.16. The zero-order valence-corrected chi connectivity index (χ0v) is 20.6. The molecule has 6 nitrogen and oxygen atoms in total. The molecule has 0 bridgehead atoms. The van der Waals surface area contributed by atoms with Gasteiger partial charge >= 0.3 is 0 Å². The van der Waals surface area contributed by atoms with E-state index in [1.54, 1.807) is 42.5 Å². The van der Waals surface area contributed by atoms with Crippen molar-refractivity contribution in [2.24, 2.45) is 0 Å². The summed E-state index contributed by atoms with van der Waals surface area (Å²) in [6.45, 7) is 6.39. The summed E-state index contributed by atoms with van der Waals surface area (Å²) in [5.41, 5.74) is 2.10. The Morgan fingerprint density at radius 3 is 2.42 bits per heavy atom. The van der Waals surface area contributed by atoms with Crippen LogP contribution in [0.15, 0.2) is 72.3 Å². The lowest BCUT2D eigenvalue weighted by atomic mass is 9.93. The molecular weight excluding hydrogens is 461 g/mol. The van der Waals surface area contributed by atoms with Crippen LogP contribution < -0.4 is 14.4 Å². The van der Waals surface area contributed by atoms with E-state index in [2.05, 4.69) is 0 Å². The molecule has 1 aliphatic heterocycles. The van der Waals surface area contributed by atoms with Gasteiger partial charge in [0.05, 0.1) is 25.3 Å². The van der Waals surface area contributed by atoms with E-state index < -0.39 is 23.5 Å². The molecule has 4 rings (SSSR count). The molecule has 7 heteroatoms. The summed E-state index contributed by atoms with van der Waals surface area (Å²) < 4.78 is 24.7. The van der Waals surface area contributed by atoms with E-state index in [0.717, 1.165) is 5.56 Å². The number of aliphatic hydroxyl groups excluding tert-OH is 1. The van der Waals surface area contributed by atoms with Crippen molar-refractivity contribution in [1.82, 2.24) is 0 Å². The Morgan fingerprint density at radius 2 is 1.78 bits per heavy atom. The summed E-state index contributed by atoms with van der Waals surface area (Å²) in [4.78, 5) is 27.9. The van der Waals surface area contributed by atoms with Crippen molar-refractivity contribution in [1.29, 1.82) is 0 Å². The molecule has 1 heterocycles. The van der Waals surface area contributed by atoms with Gasteiger partial charge in [0.15, 0.2) is 0 Å². The second kappa shape index (κ2) is 10.2. The first-order valence-electron chi connectivity index (χ1n) is 11.7. The predicted octanol–water partition coefficient (Wildman–Crippen LogP) is 5.98.